The van der Waals surface area contributed by atoms with Crippen LogP contribution in [0.4, 0.5) is 0 Å². The third-order valence-corrected chi connectivity index (χ3v) is 2.62. The molecule has 0 aliphatic carbocycles. The number of hydrogen-bond donors (Lipinski definition) is 1. The van der Waals surface area contributed by atoms with Crippen molar-refractivity contribution in [1.29, 1.82) is 0 Å². The molecule has 1 aromatic rings. The van der Waals surface area contributed by atoms with E-state index in [0.717, 1.165) is 0 Å². The standard InChI is InChI=1S/C7H3BrCl2O2/c8-4-2-6(10)5(9)1-3(4)7(11)12/h1-2H,(H,11,12). The highest BCUT2D eigenvalue weighted by Gasteiger charge is 2.10. The summed E-state index contributed by atoms with van der Waals surface area (Å²) in [5.74, 6) is -1.04. The molecule has 0 atom stereocenters. The number of carboxylic acid groups (broad SMARTS) is 1. The van der Waals surface area contributed by atoms with E-state index in [1.165, 1.54) is 12.1 Å². The summed E-state index contributed by atoms with van der Waals surface area (Å²) in [5, 5.41) is 9.21. The summed E-state index contributed by atoms with van der Waals surface area (Å²) < 4.78 is 0.421. The molecule has 1 aromatic carbocycles. The zero-order valence-electron chi connectivity index (χ0n) is 5.64. The van der Waals surface area contributed by atoms with Crippen LogP contribution in [-0.2, 0) is 0 Å². The molecule has 0 saturated heterocycles. The fourth-order valence-corrected chi connectivity index (χ4v) is 1.66. The Hall–Kier alpha value is -0.250. The van der Waals surface area contributed by atoms with Gasteiger partial charge in [-0.05, 0) is 28.1 Å². The number of aromatic carboxylic acids is 1. The second-order valence-electron chi connectivity index (χ2n) is 2.05. The van der Waals surface area contributed by atoms with E-state index in [4.69, 9.17) is 28.3 Å². The predicted octanol–water partition coefficient (Wildman–Crippen LogP) is 3.45. The highest BCUT2D eigenvalue weighted by molar-refractivity contribution is 9.10. The van der Waals surface area contributed by atoms with Gasteiger partial charge in [0.25, 0.3) is 0 Å². The van der Waals surface area contributed by atoms with E-state index in [-0.39, 0.29) is 10.6 Å². The lowest BCUT2D eigenvalue weighted by Gasteiger charge is -2.00. The molecule has 0 fully saturated rings. The van der Waals surface area contributed by atoms with Crippen LogP contribution < -0.4 is 0 Å². The highest BCUT2D eigenvalue weighted by atomic mass is 79.9. The van der Waals surface area contributed by atoms with E-state index in [2.05, 4.69) is 15.9 Å². The van der Waals surface area contributed by atoms with Gasteiger partial charge in [0.05, 0.1) is 15.6 Å². The molecule has 0 spiro atoms. The van der Waals surface area contributed by atoms with Gasteiger partial charge in [-0.25, -0.2) is 4.79 Å². The van der Waals surface area contributed by atoms with Gasteiger partial charge in [-0.2, -0.15) is 0 Å². The summed E-state index contributed by atoms with van der Waals surface area (Å²) in [4.78, 5) is 10.6. The van der Waals surface area contributed by atoms with Crippen LogP contribution in [0.15, 0.2) is 16.6 Å². The van der Waals surface area contributed by atoms with Crippen molar-refractivity contribution >= 4 is 45.1 Å². The Labute approximate surface area is 87.2 Å². The van der Waals surface area contributed by atoms with Crippen LogP contribution in [0.2, 0.25) is 10.0 Å². The molecular formula is C7H3BrCl2O2. The molecule has 0 aromatic heterocycles. The molecule has 0 bridgehead atoms. The van der Waals surface area contributed by atoms with E-state index in [9.17, 15) is 4.79 Å². The van der Waals surface area contributed by atoms with Gasteiger partial charge in [0.1, 0.15) is 0 Å². The average Bonchev–Trinajstić information content (AvgIpc) is 1.96. The summed E-state index contributed by atoms with van der Waals surface area (Å²) in [7, 11) is 0. The zero-order valence-corrected chi connectivity index (χ0v) is 8.74. The molecule has 5 heteroatoms. The molecule has 0 amide bonds. The van der Waals surface area contributed by atoms with E-state index >= 15 is 0 Å². The molecule has 0 aliphatic heterocycles. The number of carboxylic acids is 1. The largest absolute Gasteiger partial charge is 0.478 e. The quantitative estimate of drug-likeness (QED) is 0.793. The molecule has 0 saturated carbocycles. The van der Waals surface area contributed by atoms with E-state index in [1.54, 1.807) is 0 Å². The minimum Gasteiger partial charge on any atom is -0.478 e. The van der Waals surface area contributed by atoms with Crippen LogP contribution in [0, 0.1) is 0 Å². The number of halogens is 3. The summed E-state index contributed by atoms with van der Waals surface area (Å²) >= 11 is 14.3. The first-order valence-corrected chi connectivity index (χ1v) is 4.45. The Kier molecular flexibility index (Phi) is 2.99. The number of benzene rings is 1. The molecule has 64 valence electrons. The van der Waals surface area contributed by atoms with Crippen LogP contribution in [0.1, 0.15) is 10.4 Å². The van der Waals surface area contributed by atoms with E-state index in [1.807, 2.05) is 0 Å². The Morgan fingerprint density at radius 3 is 2.33 bits per heavy atom. The average molecular weight is 270 g/mol. The lowest BCUT2D eigenvalue weighted by atomic mass is 10.2. The van der Waals surface area contributed by atoms with Gasteiger partial charge in [-0.15, -0.1) is 0 Å². The van der Waals surface area contributed by atoms with Crippen molar-refractivity contribution in [2.45, 2.75) is 0 Å². The maximum absolute atomic E-state index is 10.6. The summed E-state index contributed by atoms with van der Waals surface area (Å²) in [6.45, 7) is 0. The van der Waals surface area contributed by atoms with Crippen molar-refractivity contribution < 1.29 is 9.90 Å². The monoisotopic (exact) mass is 268 g/mol. The molecule has 1 N–H and O–H groups in total. The van der Waals surface area contributed by atoms with Gasteiger partial charge < -0.3 is 5.11 Å². The van der Waals surface area contributed by atoms with E-state index in [0.29, 0.717) is 9.50 Å². The van der Waals surface area contributed by atoms with Crippen molar-refractivity contribution in [2.75, 3.05) is 0 Å². The van der Waals surface area contributed by atoms with Gasteiger partial charge in [0, 0.05) is 4.47 Å². The van der Waals surface area contributed by atoms with Gasteiger partial charge in [-0.3, -0.25) is 0 Å². The van der Waals surface area contributed by atoms with Crippen molar-refractivity contribution in [2.24, 2.45) is 0 Å². The maximum Gasteiger partial charge on any atom is 0.336 e. The SMILES string of the molecule is O=C(O)c1cc(Cl)c(Cl)cc1Br. The zero-order chi connectivity index (χ0) is 9.30. The lowest BCUT2D eigenvalue weighted by Crippen LogP contribution is -1.97. The lowest BCUT2D eigenvalue weighted by molar-refractivity contribution is 0.0696. The molecule has 0 heterocycles. The van der Waals surface area contributed by atoms with Gasteiger partial charge in [-0.1, -0.05) is 23.2 Å². The van der Waals surface area contributed by atoms with Gasteiger partial charge >= 0.3 is 5.97 Å². The van der Waals surface area contributed by atoms with Crippen LogP contribution in [0.3, 0.4) is 0 Å². The Morgan fingerprint density at radius 1 is 1.33 bits per heavy atom. The van der Waals surface area contributed by atoms with Gasteiger partial charge in [0.15, 0.2) is 0 Å². The fraction of sp³-hybridized carbons (Fsp3) is 0. The van der Waals surface area contributed by atoms with Crippen LogP contribution >= 0.6 is 39.1 Å². The first-order valence-electron chi connectivity index (χ1n) is 2.90. The van der Waals surface area contributed by atoms with Crippen LogP contribution in [-0.4, -0.2) is 11.1 Å². The van der Waals surface area contributed by atoms with Crippen molar-refractivity contribution in [3.05, 3.63) is 32.2 Å². The first-order chi connectivity index (χ1) is 5.52. The molecular weight excluding hydrogens is 267 g/mol. The number of carbonyl (C=O) groups is 1. The fourth-order valence-electron chi connectivity index (χ4n) is 0.686. The maximum atomic E-state index is 10.6. The van der Waals surface area contributed by atoms with Crippen molar-refractivity contribution in [3.63, 3.8) is 0 Å². The normalized spacial score (nSPS) is 9.92. The molecule has 1 rings (SSSR count). The molecule has 0 radical (unpaired) electrons. The third-order valence-electron chi connectivity index (χ3n) is 1.24. The molecule has 2 nitrogen and oxygen atoms in total. The summed E-state index contributed by atoms with van der Waals surface area (Å²) in [5.41, 5.74) is 0.101. The minimum atomic E-state index is -1.04. The van der Waals surface area contributed by atoms with Crippen molar-refractivity contribution in [1.82, 2.24) is 0 Å². The van der Waals surface area contributed by atoms with Crippen LogP contribution in [0.5, 0.6) is 0 Å². The van der Waals surface area contributed by atoms with E-state index < -0.39 is 5.97 Å². The minimum absolute atomic E-state index is 0.101. The Balaban J connectivity index is 3.33. The van der Waals surface area contributed by atoms with Crippen LogP contribution in [0.25, 0.3) is 0 Å². The van der Waals surface area contributed by atoms with Gasteiger partial charge in [0.2, 0.25) is 0 Å². The molecule has 0 aliphatic rings. The second-order valence-corrected chi connectivity index (χ2v) is 3.72. The van der Waals surface area contributed by atoms with Crippen molar-refractivity contribution in [3.8, 4) is 0 Å². The topological polar surface area (TPSA) is 37.3 Å². The molecule has 0 unspecified atom stereocenters. The first kappa shape index (κ1) is 9.84. The number of hydrogen-bond acceptors (Lipinski definition) is 1. The highest BCUT2D eigenvalue weighted by Crippen LogP contribution is 2.28. The Bertz CT molecular complexity index is 338. The molecule has 12 heavy (non-hydrogen) atoms. The Morgan fingerprint density at radius 2 is 1.83 bits per heavy atom. The third kappa shape index (κ3) is 1.91. The second kappa shape index (κ2) is 3.64. The predicted molar refractivity (Wildman–Crippen MR) is 51.1 cm³/mol. The summed E-state index contributed by atoms with van der Waals surface area (Å²) in [6.07, 6.45) is 0. The summed E-state index contributed by atoms with van der Waals surface area (Å²) in [6, 6.07) is 2.75. The smallest absolute Gasteiger partial charge is 0.336 e. The number of rotatable bonds is 1.